The van der Waals surface area contributed by atoms with E-state index in [0.717, 1.165) is 6.21 Å². The molecule has 0 unspecified atom stereocenters. The Morgan fingerprint density at radius 2 is 1.69 bits per heavy atom. The number of nitrogens with zero attached hydrogens (tertiary/aromatic N) is 1. The number of amides is 1. The zero-order valence-corrected chi connectivity index (χ0v) is 10.2. The van der Waals surface area contributed by atoms with E-state index in [1.807, 2.05) is 0 Å². The number of esters is 1. The fraction of sp³-hybridized carbons (Fsp3) is 0.700. The van der Waals surface area contributed by atoms with Gasteiger partial charge in [0, 0.05) is 0 Å². The number of primary amides is 1. The lowest BCUT2D eigenvalue weighted by Gasteiger charge is -2.26. The summed E-state index contributed by atoms with van der Waals surface area (Å²) >= 11 is 0. The summed E-state index contributed by atoms with van der Waals surface area (Å²) in [7, 11) is 0. The van der Waals surface area contributed by atoms with E-state index in [0.29, 0.717) is 0 Å². The van der Waals surface area contributed by atoms with Gasteiger partial charge in [0.15, 0.2) is 0 Å². The van der Waals surface area contributed by atoms with E-state index in [4.69, 9.17) is 15.3 Å². The predicted octanol–water partition coefficient (Wildman–Crippen LogP) is 0.594. The summed E-state index contributed by atoms with van der Waals surface area (Å²) < 4.78 is 5.11. The number of nitrogens with two attached hydrogens (primary N) is 1. The first-order chi connectivity index (χ1) is 7.04. The van der Waals surface area contributed by atoms with Gasteiger partial charge in [0.2, 0.25) is 5.60 Å². The molecule has 0 saturated heterocycles. The van der Waals surface area contributed by atoms with Crippen molar-refractivity contribution in [1.82, 2.24) is 0 Å². The zero-order valence-electron chi connectivity index (χ0n) is 10.2. The number of oxime groups is 1. The first kappa shape index (κ1) is 14.4. The normalized spacial score (nSPS) is 12.6. The predicted molar refractivity (Wildman–Crippen MR) is 58.7 cm³/mol. The van der Waals surface area contributed by atoms with Gasteiger partial charge in [-0.05, 0) is 34.6 Å². The summed E-state index contributed by atoms with van der Waals surface area (Å²) in [5.41, 5.74) is 2.94. The van der Waals surface area contributed by atoms with Crippen LogP contribution in [0, 0.1) is 0 Å². The van der Waals surface area contributed by atoms with Crippen molar-refractivity contribution < 1.29 is 19.2 Å². The van der Waals surface area contributed by atoms with Crippen molar-refractivity contribution in [3.05, 3.63) is 0 Å². The minimum atomic E-state index is -1.26. The van der Waals surface area contributed by atoms with E-state index in [-0.39, 0.29) is 0 Å². The highest BCUT2D eigenvalue weighted by Gasteiger charge is 2.35. The van der Waals surface area contributed by atoms with Crippen molar-refractivity contribution in [2.45, 2.75) is 45.8 Å². The Bertz CT molecular complexity index is 302. The van der Waals surface area contributed by atoms with Gasteiger partial charge in [-0.1, -0.05) is 5.16 Å². The maximum atomic E-state index is 11.6. The van der Waals surface area contributed by atoms with E-state index in [2.05, 4.69) is 5.16 Å². The van der Waals surface area contributed by atoms with Crippen LogP contribution in [0.3, 0.4) is 0 Å². The summed E-state index contributed by atoms with van der Waals surface area (Å²) in [4.78, 5) is 26.8. The molecule has 0 atom stereocenters. The van der Waals surface area contributed by atoms with Crippen molar-refractivity contribution in [2.75, 3.05) is 0 Å². The number of ether oxygens (including phenoxy) is 1. The molecule has 0 aromatic carbocycles. The third-order valence-corrected chi connectivity index (χ3v) is 1.35. The fourth-order valence-corrected chi connectivity index (χ4v) is 0.648. The van der Waals surface area contributed by atoms with Gasteiger partial charge in [-0.2, -0.15) is 0 Å². The molecule has 0 aromatic rings. The fourth-order valence-electron chi connectivity index (χ4n) is 0.648. The topological polar surface area (TPSA) is 91.0 Å². The van der Waals surface area contributed by atoms with Gasteiger partial charge in [0.1, 0.15) is 11.8 Å². The van der Waals surface area contributed by atoms with Gasteiger partial charge in [0.25, 0.3) is 5.91 Å². The molecule has 92 valence electrons. The molecule has 0 aliphatic heterocycles. The van der Waals surface area contributed by atoms with Crippen LogP contribution in [0.1, 0.15) is 34.6 Å². The molecule has 0 spiro atoms. The summed E-state index contributed by atoms with van der Waals surface area (Å²) in [6, 6.07) is 0. The molecular weight excluding hydrogens is 212 g/mol. The van der Waals surface area contributed by atoms with E-state index in [1.165, 1.54) is 13.8 Å². The van der Waals surface area contributed by atoms with Gasteiger partial charge in [0.05, 0.1) is 0 Å². The molecule has 6 heteroatoms. The number of hydrogen-bond donors (Lipinski definition) is 1. The molecule has 0 aromatic heterocycles. The van der Waals surface area contributed by atoms with Crippen LogP contribution in [-0.2, 0) is 19.2 Å². The van der Waals surface area contributed by atoms with Gasteiger partial charge in [-0.25, -0.2) is 4.79 Å². The number of carbonyl (C=O) groups excluding carboxylic acids is 2. The summed E-state index contributed by atoms with van der Waals surface area (Å²) in [6.07, 6.45) is 0.784. The molecule has 0 radical (unpaired) electrons. The monoisotopic (exact) mass is 230 g/mol. The molecule has 0 saturated carbocycles. The first-order valence-electron chi connectivity index (χ1n) is 4.79. The Labute approximate surface area is 94.8 Å². The molecule has 0 bridgehead atoms. The van der Waals surface area contributed by atoms with Crippen LogP contribution in [0.25, 0.3) is 0 Å². The van der Waals surface area contributed by atoms with Crippen LogP contribution in [0.4, 0.5) is 0 Å². The van der Waals surface area contributed by atoms with Gasteiger partial charge in [-0.3, -0.25) is 4.79 Å². The van der Waals surface area contributed by atoms with Crippen LogP contribution in [0.2, 0.25) is 0 Å². The zero-order chi connectivity index (χ0) is 13.0. The first-order valence-corrected chi connectivity index (χ1v) is 4.79. The summed E-state index contributed by atoms with van der Waals surface area (Å²) in [5, 5.41) is 3.29. The van der Waals surface area contributed by atoms with Crippen LogP contribution >= 0.6 is 0 Å². The van der Waals surface area contributed by atoms with Crippen molar-refractivity contribution in [3.63, 3.8) is 0 Å². The van der Waals surface area contributed by atoms with Gasteiger partial charge >= 0.3 is 5.97 Å². The average molecular weight is 230 g/mol. The minimum absolute atomic E-state index is 0.568. The third-order valence-electron chi connectivity index (χ3n) is 1.35. The summed E-state index contributed by atoms with van der Waals surface area (Å²) in [6.45, 7) is 8.20. The quantitative estimate of drug-likeness (QED) is 0.435. The maximum absolute atomic E-state index is 11.6. The largest absolute Gasteiger partial charge is 0.457 e. The molecule has 2 N–H and O–H groups in total. The van der Waals surface area contributed by atoms with E-state index in [9.17, 15) is 9.59 Å². The second-order valence-corrected chi connectivity index (χ2v) is 4.74. The van der Waals surface area contributed by atoms with Crippen molar-refractivity contribution >= 4 is 18.1 Å². The lowest BCUT2D eigenvalue weighted by Crippen LogP contribution is -2.40. The number of carbonyl (C=O) groups is 2. The highest BCUT2D eigenvalue weighted by atomic mass is 16.7. The Balaban J connectivity index is 4.43. The molecule has 1 amide bonds. The Morgan fingerprint density at radius 3 is 2.06 bits per heavy atom. The standard InChI is InChI=1S/C10H18N2O4/c1-9(2,3)15-8(14)10(4,5)16-12-6-7(11)13/h6H,1-5H3,(H2,11,13)/b12-6+. The smallest absolute Gasteiger partial charge is 0.353 e. The van der Waals surface area contributed by atoms with Gasteiger partial charge < -0.3 is 15.3 Å². The van der Waals surface area contributed by atoms with Crippen LogP contribution < -0.4 is 5.73 Å². The molecule has 0 aliphatic rings. The average Bonchev–Trinajstić information content (AvgIpc) is 1.99. The lowest BCUT2D eigenvalue weighted by atomic mass is 10.1. The van der Waals surface area contributed by atoms with Crippen molar-refractivity contribution in [1.29, 1.82) is 0 Å². The summed E-state index contributed by atoms with van der Waals surface area (Å²) in [5.74, 6) is -1.32. The van der Waals surface area contributed by atoms with Crippen LogP contribution in [-0.4, -0.2) is 29.3 Å². The Hall–Kier alpha value is -1.59. The molecule has 0 rings (SSSR count). The second kappa shape index (κ2) is 4.96. The lowest BCUT2D eigenvalue weighted by molar-refractivity contribution is -0.179. The second-order valence-electron chi connectivity index (χ2n) is 4.74. The Morgan fingerprint density at radius 1 is 1.19 bits per heavy atom. The molecule has 0 aliphatic carbocycles. The van der Waals surface area contributed by atoms with E-state index >= 15 is 0 Å². The molecule has 16 heavy (non-hydrogen) atoms. The minimum Gasteiger partial charge on any atom is -0.457 e. The molecule has 6 nitrogen and oxygen atoms in total. The highest BCUT2D eigenvalue weighted by Crippen LogP contribution is 2.17. The van der Waals surface area contributed by atoms with Gasteiger partial charge in [-0.15, -0.1) is 0 Å². The molecular formula is C10H18N2O4. The van der Waals surface area contributed by atoms with E-state index in [1.54, 1.807) is 20.8 Å². The van der Waals surface area contributed by atoms with Crippen molar-refractivity contribution in [2.24, 2.45) is 10.9 Å². The van der Waals surface area contributed by atoms with Crippen molar-refractivity contribution in [3.8, 4) is 0 Å². The van der Waals surface area contributed by atoms with Crippen LogP contribution in [0.5, 0.6) is 0 Å². The Kier molecular flexibility index (Phi) is 4.47. The van der Waals surface area contributed by atoms with E-state index < -0.39 is 23.1 Å². The number of rotatable bonds is 4. The van der Waals surface area contributed by atoms with Crippen LogP contribution in [0.15, 0.2) is 5.16 Å². The maximum Gasteiger partial charge on any atom is 0.353 e. The number of hydrogen-bond acceptors (Lipinski definition) is 5. The molecule has 0 heterocycles. The highest BCUT2D eigenvalue weighted by molar-refractivity contribution is 6.25. The SMILES string of the molecule is CC(C)(C)OC(=O)C(C)(C)O/N=C/C(N)=O. The third kappa shape index (κ3) is 6.00. The molecule has 0 fully saturated rings.